The van der Waals surface area contributed by atoms with E-state index in [-0.39, 0.29) is 5.91 Å². The number of rotatable bonds is 3. The molecule has 1 amide bonds. The highest BCUT2D eigenvalue weighted by atomic mass is 16.2. The van der Waals surface area contributed by atoms with Gasteiger partial charge < -0.3 is 4.90 Å². The first-order chi connectivity index (χ1) is 12.1. The van der Waals surface area contributed by atoms with Gasteiger partial charge in [0.15, 0.2) is 0 Å². The molecule has 0 radical (unpaired) electrons. The molecule has 5 nitrogen and oxygen atoms in total. The standard InChI is InChI=1S/C20H22N4O/c1-13-9-15(10-16-12-22-23-19(13)16)14-7-8-18(21-11-14)20(25)24(2)17-5-3-4-6-17/h7-12,17H,3-6H2,1-2H3,(H,22,23). The van der Waals surface area contributed by atoms with E-state index in [4.69, 9.17) is 0 Å². The predicted molar refractivity (Wildman–Crippen MR) is 98.4 cm³/mol. The van der Waals surface area contributed by atoms with Crippen molar-refractivity contribution in [2.45, 2.75) is 38.6 Å². The Balaban J connectivity index is 1.59. The fourth-order valence-electron chi connectivity index (χ4n) is 3.73. The van der Waals surface area contributed by atoms with Crippen LogP contribution in [0.3, 0.4) is 0 Å². The summed E-state index contributed by atoms with van der Waals surface area (Å²) in [7, 11) is 1.89. The maximum Gasteiger partial charge on any atom is 0.272 e. The number of hydrogen-bond acceptors (Lipinski definition) is 3. The van der Waals surface area contributed by atoms with E-state index in [9.17, 15) is 4.79 Å². The van der Waals surface area contributed by atoms with Gasteiger partial charge in [-0.3, -0.25) is 14.9 Å². The van der Waals surface area contributed by atoms with E-state index in [1.807, 2.05) is 30.3 Å². The Labute approximate surface area is 147 Å². The number of hydrogen-bond donors (Lipinski definition) is 1. The highest BCUT2D eigenvalue weighted by Gasteiger charge is 2.24. The molecule has 1 aliphatic carbocycles. The van der Waals surface area contributed by atoms with Crippen LogP contribution in [0.25, 0.3) is 22.0 Å². The van der Waals surface area contributed by atoms with Gasteiger partial charge in [-0.25, -0.2) is 0 Å². The number of H-pyrrole nitrogens is 1. The zero-order chi connectivity index (χ0) is 17.4. The minimum absolute atomic E-state index is 0.0138. The number of fused-ring (bicyclic) bond motifs is 1. The van der Waals surface area contributed by atoms with Gasteiger partial charge in [0.1, 0.15) is 5.69 Å². The smallest absolute Gasteiger partial charge is 0.272 e. The van der Waals surface area contributed by atoms with Crippen molar-refractivity contribution in [3.05, 3.63) is 47.9 Å². The minimum Gasteiger partial charge on any atom is -0.337 e. The average Bonchev–Trinajstić information content (AvgIpc) is 3.32. The number of aromatic nitrogens is 3. The molecule has 1 saturated carbocycles. The predicted octanol–water partition coefficient (Wildman–Crippen LogP) is 3.95. The molecule has 0 bridgehead atoms. The summed E-state index contributed by atoms with van der Waals surface area (Å²) in [4.78, 5) is 18.9. The average molecular weight is 334 g/mol. The van der Waals surface area contributed by atoms with E-state index >= 15 is 0 Å². The van der Waals surface area contributed by atoms with E-state index in [2.05, 4.69) is 34.2 Å². The molecule has 128 valence electrons. The first-order valence-corrected chi connectivity index (χ1v) is 8.81. The number of carbonyl (C=O) groups excluding carboxylic acids is 1. The number of aromatic amines is 1. The van der Waals surface area contributed by atoms with Gasteiger partial charge in [0.05, 0.1) is 11.7 Å². The molecule has 3 aromatic rings. The summed E-state index contributed by atoms with van der Waals surface area (Å²) >= 11 is 0. The molecule has 2 heterocycles. The Morgan fingerprint density at radius 3 is 2.68 bits per heavy atom. The molecule has 1 fully saturated rings. The molecule has 1 N–H and O–H groups in total. The van der Waals surface area contributed by atoms with Crippen LogP contribution in [0.15, 0.2) is 36.7 Å². The second kappa shape index (κ2) is 6.31. The summed E-state index contributed by atoms with van der Waals surface area (Å²) in [5.74, 6) is 0.0138. The number of aryl methyl sites for hydroxylation is 1. The molecule has 4 rings (SSSR count). The first-order valence-electron chi connectivity index (χ1n) is 8.81. The third-order valence-electron chi connectivity index (χ3n) is 5.25. The van der Waals surface area contributed by atoms with Crippen molar-refractivity contribution in [3.8, 4) is 11.1 Å². The van der Waals surface area contributed by atoms with Gasteiger partial charge in [0.2, 0.25) is 0 Å². The molecular weight excluding hydrogens is 312 g/mol. The SMILES string of the molecule is Cc1cc(-c2ccc(C(=O)N(C)C3CCCC3)nc2)cc2cn[nH]c12. The Bertz CT molecular complexity index is 907. The molecule has 5 heteroatoms. The fourth-order valence-corrected chi connectivity index (χ4v) is 3.73. The van der Waals surface area contributed by atoms with Crippen LogP contribution in [0.5, 0.6) is 0 Å². The first kappa shape index (κ1) is 15.8. The molecule has 2 aromatic heterocycles. The molecular formula is C20H22N4O. The van der Waals surface area contributed by atoms with E-state index in [1.54, 1.807) is 6.20 Å². The summed E-state index contributed by atoms with van der Waals surface area (Å²) in [6.45, 7) is 2.06. The lowest BCUT2D eigenvalue weighted by atomic mass is 10.0. The molecule has 1 aromatic carbocycles. The Hall–Kier alpha value is -2.69. The third kappa shape index (κ3) is 2.90. The molecule has 0 atom stereocenters. The lowest BCUT2D eigenvalue weighted by molar-refractivity contribution is 0.0729. The van der Waals surface area contributed by atoms with E-state index in [0.29, 0.717) is 11.7 Å². The van der Waals surface area contributed by atoms with Gasteiger partial charge >= 0.3 is 0 Å². The van der Waals surface area contributed by atoms with Crippen molar-refractivity contribution >= 4 is 16.8 Å². The van der Waals surface area contributed by atoms with Crippen molar-refractivity contribution in [1.82, 2.24) is 20.1 Å². The van der Waals surface area contributed by atoms with Crippen LogP contribution < -0.4 is 0 Å². The van der Waals surface area contributed by atoms with Crippen molar-refractivity contribution in [1.29, 1.82) is 0 Å². The maximum atomic E-state index is 12.6. The quantitative estimate of drug-likeness (QED) is 0.789. The summed E-state index contributed by atoms with van der Waals surface area (Å²) < 4.78 is 0. The Morgan fingerprint density at radius 1 is 1.16 bits per heavy atom. The van der Waals surface area contributed by atoms with Gasteiger partial charge in [0.25, 0.3) is 5.91 Å². The zero-order valence-corrected chi connectivity index (χ0v) is 14.6. The van der Waals surface area contributed by atoms with Crippen LogP contribution >= 0.6 is 0 Å². The van der Waals surface area contributed by atoms with Crippen LogP contribution in [0, 0.1) is 6.92 Å². The lowest BCUT2D eigenvalue weighted by Gasteiger charge is -2.23. The van der Waals surface area contributed by atoms with Crippen molar-refractivity contribution in [2.75, 3.05) is 7.05 Å². The number of pyridine rings is 1. The highest BCUT2D eigenvalue weighted by Crippen LogP contribution is 2.27. The number of nitrogens with one attached hydrogen (secondary N) is 1. The summed E-state index contributed by atoms with van der Waals surface area (Å²) in [6.07, 6.45) is 8.24. The van der Waals surface area contributed by atoms with Gasteiger partial charge in [-0.15, -0.1) is 0 Å². The third-order valence-corrected chi connectivity index (χ3v) is 5.25. The van der Waals surface area contributed by atoms with Crippen molar-refractivity contribution in [3.63, 3.8) is 0 Å². The van der Waals surface area contributed by atoms with Crippen molar-refractivity contribution < 1.29 is 4.79 Å². The largest absolute Gasteiger partial charge is 0.337 e. The number of amides is 1. The van der Waals surface area contributed by atoms with E-state index in [1.165, 1.54) is 12.8 Å². The second-order valence-electron chi connectivity index (χ2n) is 6.91. The minimum atomic E-state index is 0.0138. The summed E-state index contributed by atoms with van der Waals surface area (Å²) in [5, 5.41) is 8.19. The Morgan fingerprint density at radius 2 is 1.96 bits per heavy atom. The lowest BCUT2D eigenvalue weighted by Crippen LogP contribution is -2.35. The maximum absolute atomic E-state index is 12.6. The topological polar surface area (TPSA) is 61.9 Å². The molecule has 25 heavy (non-hydrogen) atoms. The number of benzene rings is 1. The number of carbonyl (C=O) groups is 1. The summed E-state index contributed by atoms with van der Waals surface area (Å²) in [5.41, 5.74) is 4.81. The second-order valence-corrected chi connectivity index (χ2v) is 6.91. The fraction of sp³-hybridized carbons (Fsp3) is 0.350. The number of nitrogens with zero attached hydrogens (tertiary/aromatic N) is 3. The van der Waals surface area contributed by atoms with Crippen LogP contribution in [-0.2, 0) is 0 Å². The van der Waals surface area contributed by atoms with Crippen LogP contribution in [0.1, 0.15) is 41.7 Å². The van der Waals surface area contributed by atoms with Gasteiger partial charge in [-0.1, -0.05) is 18.9 Å². The molecule has 0 aliphatic heterocycles. The monoisotopic (exact) mass is 334 g/mol. The Kier molecular flexibility index (Phi) is 3.99. The molecule has 0 unspecified atom stereocenters. The van der Waals surface area contributed by atoms with Gasteiger partial charge in [0, 0.05) is 30.2 Å². The zero-order valence-electron chi connectivity index (χ0n) is 14.6. The summed E-state index contributed by atoms with van der Waals surface area (Å²) in [6, 6.07) is 8.38. The molecule has 0 saturated heterocycles. The van der Waals surface area contributed by atoms with E-state index < -0.39 is 0 Å². The molecule has 0 spiro atoms. The van der Waals surface area contributed by atoms with E-state index in [0.717, 1.165) is 40.4 Å². The molecule has 1 aliphatic rings. The van der Waals surface area contributed by atoms with Gasteiger partial charge in [-0.2, -0.15) is 5.10 Å². The van der Waals surface area contributed by atoms with Crippen LogP contribution in [0.4, 0.5) is 0 Å². The van der Waals surface area contributed by atoms with Gasteiger partial charge in [-0.05, 0) is 49.1 Å². The van der Waals surface area contributed by atoms with Crippen LogP contribution in [-0.4, -0.2) is 39.1 Å². The van der Waals surface area contributed by atoms with Crippen LogP contribution in [0.2, 0.25) is 0 Å². The normalized spacial score (nSPS) is 15.0. The highest BCUT2D eigenvalue weighted by molar-refractivity contribution is 5.93. The van der Waals surface area contributed by atoms with Crippen molar-refractivity contribution in [2.24, 2.45) is 0 Å².